The number of hydrogen-bond acceptors (Lipinski definition) is 2. The van der Waals surface area contributed by atoms with Crippen molar-refractivity contribution in [2.45, 2.75) is 44.4 Å². The SMILES string of the molecule is CCCCN(CCCC)C(=O)c1cc(S)ccc1Cl. The second-order valence-electron chi connectivity index (χ2n) is 4.66. The molecular formula is C15H22ClNOS. The predicted octanol–water partition coefficient (Wildman–Crippen LogP) is 4.67. The number of rotatable bonds is 7. The van der Waals surface area contributed by atoms with Crippen molar-refractivity contribution in [3.05, 3.63) is 28.8 Å². The Morgan fingerprint density at radius 2 is 1.79 bits per heavy atom. The summed E-state index contributed by atoms with van der Waals surface area (Å²) in [5.74, 6) is 0.0165. The van der Waals surface area contributed by atoms with Crippen LogP contribution in [0.15, 0.2) is 23.1 Å². The van der Waals surface area contributed by atoms with Crippen molar-refractivity contribution in [2.75, 3.05) is 13.1 Å². The Bertz CT molecular complexity index is 415. The van der Waals surface area contributed by atoms with Crippen LogP contribution in [0.2, 0.25) is 5.02 Å². The summed E-state index contributed by atoms with van der Waals surface area (Å²) in [5.41, 5.74) is 0.557. The molecule has 2 nitrogen and oxygen atoms in total. The van der Waals surface area contributed by atoms with Crippen LogP contribution in [0.3, 0.4) is 0 Å². The average Bonchev–Trinajstić information content (AvgIpc) is 2.41. The lowest BCUT2D eigenvalue weighted by atomic mass is 10.1. The molecule has 106 valence electrons. The fraction of sp³-hybridized carbons (Fsp3) is 0.533. The van der Waals surface area contributed by atoms with Crippen molar-refractivity contribution in [3.8, 4) is 0 Å². The van der Waals surface area contributed by atoms with Gasteiger partial charge in [-0.2, -0.15) is 0 Å². The number of thiol groups is 1. The zero-order valence-electron chi connectivity index (χ0n) is 11.7. The fourth-order valence-electron chi connectivity index (χ4n) is 1.86. The number of halogens is 1. The van der Waals surface area contributed by atoms with Gasteiger partial charge in [-0.05, 0) is 31.0 Å². The molecule has 0 aliphatic heterocycles. The van der Waals surface area contributed by atoms with Gasteiger partial charge in [0.05, 0.1) is 10.6 Å². The van der Waals surface area contributed by atoms with Crippen molar-refractivity contribution in [2.24, 2.45) is 0 Å². The van der Waals surface area contributed by atoms with E-state index >= 15 is 0 Å². The van der Waals surface area contributed by atoms with E-state index in [1.165, 1.54) is 0 Å². The Balaban J connectivity index is 2.87. The van der Waals surface area contributed by atoms with Gasteiger partial charge in [-0.25, -0.2) is 0 Å². The maximum atomic E-state index is 12.5. The van der Waals surface area contributed by atoms with E-state index in [-0.39, 0.29) is 5.91 Å². The third kappa shape index (κ3) is 5.07. The van der Waals surface area contributed by atoms with E-state index in [1.807, 2.05) is 4.90 Å². The molecule has 0 heterocycles. The summed E-state index contributed by atoms with van der Waals surface area (Å²) in [4.78, 5) is 15.2. The van der Waals surface area contributed by atoms with Gasteiger partial charge in [0.15, 0.2) is 0 Å². The van der Waals surface area contributed by atoms with Crippen LogP contribution in [0, 0.1) is 0 Å². The second-order valence-corrected chi connectivity index (χ2v) is 5.59. The summed E-state index contributed by atoms with van der Waals surface area (Å²) in [5, 5.41) is 0.501. The van der Waals surface area contributed by atoms with Crippen LogP contribution in [-0.4, -0.2) is 23.9 Å². The number of nitrogens with zero attached hydrogens (tertiary/aromatic N) is 1. The molecule has 0 bridgehead atoms. The quantitative estimate of drug-likeness (QED) is 0.725. The van der Waals surface area contributed by atoms with Crippen LogP contribution >= 0.6 is 24.2 Å². The van der Waals surface area contributed by atoms with Crippen molar-refractivity contribution in [3.63, 3.8) is 0 Å². The first-order valence-corrected chi connectivity index (χ1v) is 7.70. The highest BCUT2D eigenvalue weighted by molar-refractivity contribution is 7.80. The van der Waals surface area contributed by atoms with Crippen LogP contribution < -0.4 is 0 Å². The maximum absolute atomic E-state index is 12.5. The third-order valence-electron chi connectivity index (χ3n) is 3.03. The minimum absolute atomic E-state index is 0.0165. The van der Waals surface area contributed by atoms with Gasteiger partial charge < -0.3 is 4.90 Å². The van der Waals surface area contributed by atoms with Gasteiger partial charge in [-0.3, -0.25) is 4.79 Å². The number of amides is 1. The lowest BCUT2D eigenvalue weighted by Crippen LogP contribution is -2.33. The molecule has 0 spiro atoms. The smallest absolute Gasteiger partial charge is 0.255 e. The molecule has 1 aromatic carbocycles. The van der Waals surface area contributed by atoms with E-state index in [4.69, 9.17) is 11.6 Å². The van der Waals surface area contributed by atoms with Crippen molar-refractivity contribution < 1.29 is 4.79 Å². The topological polar surface area (TPSA) is 20.3 Å². The minimum Gasteiger partial charge on any atom is -0.339 e. The number of benzene rings is 1. The highest BCUT2D eigenvalue weighted by atomic mass is 35.5. The first kappa shape index (κ1) is 16.4. The molecular weight excluding hydrogens is 278 g/mol. The summed E-state index contributed by atoms with van der Waals surface area (Å²) in [7, 11) is 0. The van der Waals surface area contributed by atoms with E-state index in [2.05, 4.69) is 26.5 Å². The summed E-state index contributed by atoms with van der Waals surface area (Å²) in [6, 6.07) is 5.28. The van der Waals surface area contributed by atoms with E-state index in [1.54, 1.807) is 18.2 Å². The van der Waals surface area contributed by atoms with Gasteiger partial charge in [-0.1, -0.05) is 38.3 Å². The summed E-state index contributed by atoms with van der Waals surface area (Å²) in [6.07, 6.45) is 4.20. The molecule has 4 heteroatoms. The van der Waals surface area contributed by atoms with E-state index < -0.39 is 0 Å². The molecule has 0 saturated carbocycles. The largest absolute Gasteiger partial charge is 0.339 e. The molecule has 0 aliphatic carbocycles. The van der Waals surface area contributed by atoms with Gasteiger partial charge in [0.1, 0.15) is 0 Å². The van der Waals surface area contributed by atoms with Crippen LogP contribution in [0.4, 0.5) is 0 Å². The van der Waals surface area contributed by atoms with E-state index in [0.717, 1.165) is 43.7 Å². The van der Waals surface area contributed by atoms with Gasteiger partial charge >= 0.3 is 0 Å². The predicted molar refractivity (Wildman–Crippen MR) is 84.4 cm³/mol. The Labute approximate surface area is 126 Å². The van der Waals surface area contributed by atoms with Crippen molar-refractivity contribution >= 4 is 30.1 Å². The molecule has 1 aromatic rings. The van der Waals surface area contributed by atoms with E-state index in [0.29, 0.717) is 10.6 Å². The number of unbranched alkanes of at least 4 members (excludes halogenated alkanes) is 2. The molecule has 0 saturated heterocycles. The Morgan fingerprint density at radius 1 is 1.21 bits per heavy atom. The normalized spacial score (nSPS) is 10.5. The third-order valence-corrected chi connectivity index (χ3v) is 3.64. The molecule has 0 fully saturated rings. The molecule has 0 aromatic heterocycles. The van der Waals surface area contributed by atoms with Gasteiger partial charge in [-0.15, -0.1) is 12.6 Å². The molecule has 0 aliphatic rings. The monoisotopic (exact) mass is 299 g/mol. The van der Waals surface area contributed by atoms with Crippen molar-refractivity contribution in [1.29, 1.82) is 0 Å². The van der Waals surface area contributed by atoms with Crippen LogP contribution in [0.5, 0.6) is 0 Å². The Kier molecular flexibility index (Phi) is 7.32. The molecule has 1 amide bonds. The van der Waals surface area contributed by atoms with E-state index in [9.17, 15) is 4.79 Å². The van der Waals surface area contributed by atoms with Crippen LogP contribution in [0.25, 0.3) is 0 Å². The highest BCUT2D eigenvalue weighted by Crippen LogP contribution is 2.21. The van der Waals surface area contributed by atoms with Crippen LogP contribution in [-0.2, 0) is 0 Å². The Hall–Kier alpha value is -0.670. The van der Waals surface area contributed by atoms with Crippen molar-refractivity contribution in [1.82, 2.24) is 4.90 Å². The molecule has 0 atom stereocenters. The number of carbonyl (C=O) groups excluding carboxylic acids is 1. The summed E-state index contributed by atoms with van der Waals surface area (Å²) >= 11 is 10.4. The zero-order valence-corrected chi connectivity index (χ0v) is 13.3. The average molecular weight is 300 g/mol. The standard InChI is InChI=1S/C15H22ClNOS/c1-3-5-9-17(10-6-4-2)15(18)13-11-12(19)7-8-14(13)16/h7-8,11,19H,3-6,9-10H2,1-2H3. The highest BCUT2D eigenvalue weighted by Gasteiger charge is 2.17. The van der Waals surface area contributed by atoms with Gasteiger partial charge in [0.25, 0.3) is 5.91 Å². The minimum atomic E-state index is 0.0165. The molecule has 0 unspecified atom stereocenters. The lowest BCUT2D eigenvalue weighted by Gasteiger charge is -2.23. The number of hydrogen-bond donors (Lipinski definition) is 1. The Morgan fingerprint density at radius 3 is 2.32 bits per heavy atom. The molecule has 0 radical (unpaired) electrons. The number of carbonyl (C=O) groups is 1. The summed E-state index contributed by atoms with van der Waals surface area (Å²) < 4.78 is 0. The first-order chi connectivity index (χ1) is 9.10. The van der Waals surface area contributed by atoms with Crippen LogP contribution in [0.1, 0.15) is 49.9 Å². The molecule has 1 rings (SSSR count). The molecule has 19 heavy (non-hydrogen) atoms. The maximum Gasteiger partial charge on any atom is 0.255 e. The zero-order chi connectivity index (χ0) is 14.3. The first-order valence-electron chi connectivity index (χ1n) is 6.88. The van der Waals surface area contributed by atoms with Gasteiger partial charge in [0.2, 0.25) is 0 Å². The lowest BCUT2D eigenvalue weighted by molar-refractivity contribution is 0.0751. The fourth-order valence-corrected chi connectivity index (χ4v) is 2.26. The van der Waals surface area contributed by atoms with Gasteiger partial charge in [0, 0.05) is 18.0 Å². The summed E-state index contributed by atoms with van der Waals surface area (Å²) in [6.45, 7) is 5.85. The molecule has 0 N–H and O–H groups in total. The second kappa shape index (κ2) is 8.49.